The van der Waals surface area contributed by atoms with Gasteiger partial charge in [0, 0.05) is 13.1 Å². The van der Waals surface area contributed by atoms with Crippen molar-refractivity contribution < 1.29 is 4.48 Å². The van der Waals surface area contributed by atoms with Crippen LogP contribution >= 0.6 is 0 Å². The van der Waals surface area contributed by atoms with Gasteiger partial charge in [-0.15, -0.1) is 9.60 Å². The minimum absolute atomic E-state index is 0.562. The fourth-order valence-electron chi connectivity index (χ4n) is 2.18. The minimum Gasteiger partial charge on any atom is -0.146 e. The summed E-state index contributed by atoms with van der Waals surface area (Å²) in [7, 11) is 0. The third-order valence-electron chi connectivity index (χ3n) is 3.15. The van der Waals surface area contributed by atoms with Crippen molar-refractivity contribution in [2.75, 3.05) is 13.1 Å². The fourth-order valence-corrected chi connectivity index (χ4v) is 2.18. The normalized spacial score (nSPS) is 29.8. The number of hydrogen-bond donors (Lipinski definition) is 0. The Morgan fingerprint density at radius 1 is 1.23 bits per heavy atom. The highest BCUT2D eigenvalue weighted by Gasteiger charge is 2.28. The van der Waals surface area contributed by atoms with Gasteiger partial charge < -0.3 is 0 Å². The van der Waals surface area contributed by atoms with Crippen LogP contribution in [0, 0.1) is 11.8 Å². The Labute approximate surface area is 81.2 Å². The first kappa shape index (κ1) is 11.0. The summed E-state index contributed by atoms with van der Waals surface area (Å²) in [6.45, 7) is 5.72. The summed E-state index contributed by atoms with van der Waals surface area (Å²) in [5.74, 6) is 1.17. The van der Waals surface area contributed by atoms with Gasteiger partial charge in [-0.1, -0.05) is 39.5 Å². The second kappa shape index (κ2) is 5.58. The van der Waals surface area contributed by atoms with Gasteiger partial charge in [0.2, 0.25) is 0 Å². The molecule has 0 radical (unpaired) electrons. The molecule has 2 heteroatoms. The minimum atomic E-state index is 0.562. The van der Waals surface area contributed by atoms with Gasteiger partial charge in [0.15, 0.2) is 0 Å². The Morgan fingerprint density at radius 3 is 2.54 bits per heavy atom. The Hall–Kier alpha value is -0.110. The van der Waals surface area contributed by atoms with Crippen LogP contribution in [0.5, 0.6) is 0 Å². The summed E-state index contributed by atoms with van der Waals surface area (Å²) >= 11 is 0. The molecule has 0 aliphatic carbocycles. The lowest BCUT2D eigenvalue weighted by Crippen LogP contribution is -2.09. The van der Waals surface area contributed by atoms with E-state index in [9.17, 15) is 4.48 Å². The second-order valence-electron chi connectivity index (χ2n) is 4.41. The van der Waals surface area contributed by atoms with E-state index < -0.39 is 0 Å². The number of halogens is 1. The average molecular weight is 187 g/mol. The summed E-state index contributed by atoms with van der Waals surface area (Å²) in [6.07, 6.45) is 6.46. The lowest BCUT2D eigenvalue weighted by Gasteiger charge is -2.12. The van der Waals surface area contributed by atoms with E-state index in [2.05, 4.69) is 13.8 Å². The maximum atomic E-state index is 12.8. The van der Waals surface area contributed by atoms with Gasteiger partial charge in [0.1, 0.15) is 0 Å². The SMILES string of the molecule is CCCCCCC1CN(F)CC1C. The molecule has 0 N–H and O–H groups in total. The lowest BCUT2D eigenvalue weighted by atomic mass is 9.92. The molecule has 2 unspecified atom stereocenters. The summed E-state index contributed by atoms with van der Waals surface area (Å²) in [6, 6.07) is 0. The van der Waals surface area contributed by atoms with Crippen molar-refractivity contribution in [2.24, 2.45) is 11.8 Å². The van der Waals surface area contributed by atoms with Gasteiger partial charge in [0.05, 0.1) is 0 Å². The van der Waals surface area contributed by atoms with E-state index >= 15 is 0 Å². The van der Waals surface area contributed by atoms with Gasteiger partial charge >= 0.3 is 0 Å². The molecular weight excluding hydrogens is 165 g/mol. The summed E-state index contributed by atoms with van der Waals surface area (Å²) in [5.41, 5.74) is 0. The van der Waals surface area contributed by atoms with E-state index in [0.717, 1.165) is 5.12 Å². The van der Waals surface area contributed by atoms with Gasteiger partial charge in [-0.25, -0.2) is 0 Å². The van der Waals surface area contributed by atoms with Crippen LogP contribution in [-0.2, 0) is 0 Å². The molecule has 2 atom stereocenters. The topological polar surface area (TPSA) is 3.24 Å². The third-order valence-corrected chi connectivity index (χ3v) is 3.15. The number of nitrogens with zero attached hydrogens (tertiary/aromatic N) is 1. The van der Waals surface area contributed by atoms with Crippen LogP contribution in [0.2, 0.25) is 0 Å². The number of unbranched alkanes of at least 4 members (excludes halogenated alkanes) is 3. The van der Waals surface area contributed by atoms with Gasteiger partial charge in [0.25, 0.3) is 0 Å². The molecule has 0 aromatic carbocycles. The smallest absolute Gasteiger partial charge is 0.0321 e. The maximum Gasteiger partial charge on any atom is 0.0321 e. The number of hydrogen-bond acceptors (Lipinski definition) is 1. The predicted molar refractivity (Wildman–Crippen MR) is 54.1 cm³/mol. The van der Waals surface area contributed by atoms with Crippen molar-refractivity contribution in [3.63, 3.8) is 0 Å². The molecule has 0 spiro atoms. The Balaban J connectivity index is 2.07. The van der Waals surface area contributed by atoms with E-state index in [1.165, 1.54) is 32.1 Å². The van der Waals surface area contributed by atoms with E-state index in [4.69, 9.17) is 0 Å². The first-order valence-electron chi connectivity index (χ1n) is 5.64. The Morgan fingerprint density at radius 2 is 2.00 bits per heavy atom. The second-order valence-corrected chi connectivity index (χ2v) is 4.41. The van der Waals surface area contributed by atoms with Crippen LogP contribution < -0.4 is 0 Å². The van der Waals surface area contributed by atoms with Crippen molar-refractivity contribution in [1.29, 1.82) is 0 Å². The van der Waals surface area contributed by atoms with Crippen molar-refractivity contribution in [3.05, 3.63) is 0 Å². The van der Waals surface area contributed by atoms with Crippen LogP contribution in [0.1, 0.15) is 46.0 Å². The molecule has 1 nitrogen and oxygen atoms in total. The molecule has 0 aromatic heterocycles. The van der Waals surface area contributed by atoms with Crippen molar-refractivity contribution >= 4 is 0 Å². The van der Waals surface area contributed by atoms with E-state index in [1.807, 2.05) is 0 Å². The molecule has 78 valence electrons. The average Bonchev–Trinajstić information content (AvgIpc) is 2.39. The molecule has 1 saturated heterocycles. The molecule has 1 aliphatic rings. The quantitative estimate of drug-likeness (QED) is 0.471. The van der Waals surface area contributed by atoms with Crippen LogP contribution in [0.15, 0.2) is 0 Å². The van der Waals surface area contributed by atoms with E-state index in [0.29, 0.717) is 24.9 Å². The Kier molecular flexibility index (Phi) is 4.71. The molecule has 0 saturated carbocycles. The molecule has 0 aromatic rings. The van der Waals surface area contributed by atoms with Gasteiger partial charge in [-0.2, -0.15) is 0 Å². The molecule has 1 heterocycles. The van der Waals surface area contributed by atoms with Crippen LogP contribution in [0.3, 0.4) is 0 Å². The molecule has 0 bridgehead atoms. The maximum absolute atomic E-state index is 12.8. The number of rotatable bonds is 5. The summed E-state index contributed by atoms with van der Waals surface area (Å²) in [5, 5.41) is 0.981. The van der Waals surface area contributed by atoms with Gasteiger partial charge in [-0.05, 0) is 18.3 Å². The summed E-state index contributed by atoms with van der Waals surface area (Å²) < 4.78 is 12.8. The van der Waals surface area contributed by atoms with Crippen LogP contribution in [-0.4, -0.2) is 18.2 Å². The summed E-state index contributed by atoms with van der Waals surface area (Å²) in [4.78, 5) is 0. The van der Waals surface area contributed by atoms with Crippen LogP contribution in [0.25, 0.3) is 0 Å². The molecule has 1 aliphatic heterocycles. The van der Waals surface area contributed by atoms with Crippen LogP contribution in [0.4, 0.5) is 4.48 Å². The molecular formula is C11H22FN. The molecule has 13 heavy (non-hydrogen) atoms. The third kappa shape index (κ3) is 3.63. The van der Waals surface area contributed by atoms with Crippen molar-refractivity contribution in [2.45, 2.75) is 46.0 Å². The van der Waals surface area contributed by atoms with Gasteiger partial charge in [-0.3, -0.25) is 0 Å². The predicted octanol–water partition coefficient (Wildman–Crippen LogP) is 3.41. The first-order valence-corrected chi connectivity index (χ1v) is 5.64. The van der Waals surface area contributed by atoms with Crippen molar-refractivity contribution in [3.8, 4) is 0 Å². The fraction of sp³-hybridized carbons (Fsp3) is 1.00. The largest absolute Gasteiger partial charge is 0.146 e. The lowest BCUT2D eigenvalue weighted by molar-refractivity contribution is 0.0493. The Bertz CT molecular complexity index is 138. The highest BCUT2D eigenvalue weighted by atomic mass is 19.2. The first-order chi connectivity index (χ1) is 6.24. The van der Waals surface area contributed by atoms with Crippen molar-refractivity contribution in [1.82, 2.24) is 5.12 Å². The highest BCUT2D eigenvalue weighted by molar-refractivity contribution is 4.76. The zero-order valence-corrected chi connectivity index (χ0v) is 8.93. The highest BCUT2D eigenvalue weighted by Crippen LogP contribution is 2.27. The van der Waals surface area contributed by atoms with E-state index in [1.54, 1.807) is 0 Å². The standard InChI is InChI=1S/C11H22FN/c1-3-4-5-6-7-11-9-13(12)8-10(11)2/h10-11H,3-9H2,1-2H3. The molecule has 1 rings (SSSR count). The zero-order valence-electron chi connectivity index (χ0n) is 8.93. The molecule has 1 fully saturated rings. The molecule has 0 amide bonds. The van der Waals surface area contributed by atoms with E-state index in [-0.39, 0.29) is 0 Å². The monoisotopic (exact) mass is 187 g/mol. The zero-order chi connectivity index (χ0) is 9.68.